The van der Waals surface area contributed by atoms with Crippen LogP contribution in [0.4, 0.5) is 13.2 Å². The highest BCUT2D eigenvalue weighted by Gasteiger charge is 2.42. The molecule has 1 aromatic rings. The van der Waals surface area contributed by atoms with Gasteiger partial charge in [-0.25, -0.2) is 0 Å². The number of methoxy groups -OCH3 is 1. The van der Waals surface area contributed by atoms with Gasteiger partial charge in [0.05, 0.1) is 7.11 Å². The van der Waals surface area contributed by atoms with Crippen LogP contribution in [-0.4, -0.2) is 19.3 Å². The van der Waals surface area contributed by atoms with Gasteiger partial charge in [0.1, 0.15) is 11.8 Å². The Morgan fingerprint density at radius 1 is 1.26 bits per heavy atom. The second-order valence-electron chi connectivity index (χ2n) is 4.99. The summed E-state index contributed by atoms with van der Waals surface area (Å²) in [6.07, 6.45) is -2.77. The van der Waals surface area contributed by atoms with Crippen molar-refractivity contribution in [3.63, 3.8) is 0 Å². The molecule has 1 aliphatic rings. The predicted molar refractivity (Wildman–Crippen MR) is 67.3 cm³/mol. The summed E-state index contributed by atoms with van der Waals surface area (Å²) >= 11 is 0. The number of ether oxygens (including phenoxy) is 1. The summed E-state index contributed by atoms with van der Waals surface area (Å²) in [6.45, 7) is 1.92. The summed E-state index contributed by atoms with van der Waals surface area (Å²) in [4.78, 5) is 0. The molecule has 1 N–H and O–H groups in total. The zero-order chi connectivity index (χ0) is 14.0. The lowest BCUT2D eigenvalue weighted by Crippen LogP contribution is -2.46. The van der Waals surface area contributed by atoms with Crippen LogP contribution in [-0.2, 0) is 0 Å². The van der Waals surface area contributed by atoms with Crippen molar-refractivity contribution in [2.75, 3.05) is 7.11 Å². The number of hydrogen-bond acceptors (Lipinski definition) is 2. The minimum atomic E-state index is -4.18. The van der Waals surface area contributed by atoms with E-state index in [0.29, 0.717) is 18.6 Å². The van der Waals surface area contributed by atoms with E-state index in [9.17, 15) is 13.2 Å². The van der Waals surface area contributed by atoms with Crippen molar-refractivity contribution in [2.24, 2.45) is 0 Å². The third-order valence-corrected chi connectivity index (χ3v) is 3.54. The van der Waals surface area contributed by atoms with Gasteiger partial charge in [-0.1, -0.05) is 17.7 Å². The molecule has 0 aliphatic carbocycles. The molecule has 0 bridgehead atoms. The third kappa shape index (κ3) is 3.21. The third-order valence-electron chi connectivity index (χ3n) is 3.54. The standard InChI is InChI=1S/C14H18F3NO/c1-9-6-7-12(19-2)10(8-9)11-4-3-5-13(18-11)14(15,16)17/h6-8,11,13,18H,3-5H2,1-2H3. The highest BCUT2D eigenvalue weighted by atomic mass is 19.4. The maximum absolute atomic E-state index is 12.8. The first kappa shape index (κ1) is 14.2. The SMILES string of the molecule is COc1ccc(C)cc1C1CCCC(C(F)(F)F)N1. The Bertz CT molecular complexity index is 445. The molecule has 1 aromatic carbocycles. The molecule has 1 aliphatic heterocycles. The van der Waals surface area contributed by atoms with Crippen molar-refractivity contribution >= 4 is 0 Å². The Morgan fingerprint density at radius 3 is 2.63 bits per heavy atom. The number of benzene rings is 1. The summed E-state index contributed by atoms with van der Waals surface area (Å²) in [7, 11) is 1.54. The first-order valence-electron chi connectivity index (χ1n) is 6.39. The normalized spacial score (nSPS) is 24.3. The van der Waals surface area contributed by atoms with Gasteiger partial charge in [0.15, 0.2) is 0 Å². The maximum atomic E-state index is 12.8. The largest absolute Gasteiger partial charge is 0.496 e. The molecule has 0 saturated carbocycles. The molecule has 1 heterocycles. The van der Waals surface area contributed by atoms with Gasteiger partial charge < -0.3 is 4.74 Å². The van der Waals surface area contributed by atoms with Crippen molar-refractivity contribution < 1.29 is 17.9 Å². The van der Waals surface area contributed by atoms with Gasteiger partial charge >= 0.3 is 6.18 Å². The highest BCUT2D eigenvalue weighted by Crippen LogP contribution is 2.36. The highest BCUT2D eigenvalue weighted by molar-refractivity contribution is 5.39. The van der Waals surface area contributed by atoms with E-state index in [1.165, 1.54) is 7.11 Å². The molecule has 1 fully saturated rings. The molecule has 2 atom stereocenters. The predicted octanol–water partition coefficient (Wildman–Crippen LogP) is 3.75. The summed E-state index contributed by atoms with van der Waals surface area (Å²) in [5.74, 6) is 0.644. The van der Waals surface area contributed by atoms with Crippen LogP contribution < -0.4 is 10.1 Å². The van der Waals surface area contributed by atoms with Gasteiger partial charge in [0, 0.05) is 11.6 Å². The first-order chi connectivity index (χ1) is 8.91. The quantitative estimate of drug-likeness (QED) is 0.886. The zero-order valence-electron chi connectivity index (χ0n) is 11.1. The Kier molecular flexibility index (Phi) is 4.04. The maximum Gasteiger partial charge on any atom is 0.403 e. The van der Waals surface area contributed by atoms with Crippen LogP contribution in [0.2, 0.25) is 0 Å². The summed E-state index contributed by atoms with van der Waals surface area (Å²) in [5.41, 5.74) is 1.84. The van der Waals surface area contributed by atoms with Gasteiger partial charge in [0.2, 0.25) is 0 Å². The van der Waals surface area contributed by atoms with Crippen LogP contribution >= 0.6 is 0 Å². The van der Waals surface area contributed by atoms with Crippen LogP contribution in [0.15, 0.2) is 18.2 Å². The molecule has 19 heavy (non-hydrogen) atoms. The van der Waals surface area contributed by atoms with Crippen LogP contribution in [0.1, 0.15) is 36.4 Å². The van der Waals surface area contributed by atoms with Crippen molar-refractivity contribution in [3.8, 4) is 5.75 Å². The van der Waals surface area contributed by atoms with E-state index in [2.05, 4.69) is 5.32 Å². The number of rotatable bonds is 2. The average Bonchev–Trinajstić information content (AvgIpc) is 2.38. The molecular formula is C14H18F3NO. The molecule has 2 nitrogen and oxygen atoms in total. The van der Waals surface area contributed by atoms with E-state index in [4.69, 9.17) is 4.74 Å². The number of alkyl halides is 3. The van der Waals surface area contributed by atoms with E-state index >= 15 is 0 Å². The van der Waals surface area contributed by atoms with Crippen LogP contribution in [0, 0.1) is 6.92 Å². The minimum Gasteiger partial charge on any atom is -0.496 e. The molecule has 1 saturated heterocycles. The molecule has 2 rings (SSSR count). The Labute approximate surface area is 111 Å². The summed E-state index contributed by atoms with van der Waals surface area (Å²) < 4.78 is 43.6. The van der Waals surface area contributed by atoms with E-state index in [0.717, 1.165) is 11.1 Å². The lowest BCUT2D eigenvalue weighted by molar-refractivity contribution is -0.163. The number of piperidine rings is 1. The van der Waals surface area contributed by atoms with Gasteiger partial charge in [-0.15, -0.1) is 0 Å². The minimum absolute atomic E-state index is 0.147. The number of aryl methyl sites for hydroxylation is 1. The smallest absolute Gasteiger partial charge is 0.403 e. The molecule has 0 spiro atoms. The molecule has 2 unspecified atom stereocenters. The molecular weight excluding hydrogens is 255 g/mol. The Hall–Kier alpha value is -1.23. The Morgan fingerprint density at radius 2 is 2.00 bits per heavy atom. The lowest BCUT2D eigenvalue weighted by Gasteiger charge is -2.33. The molecule has 0 amide bonds. The van der Waals surface area contributed by atoms with Crippen molar-refractivity contribution in [3.05, 3.63) is 29.3 Å². The number of hydrogen-bond donors (Lipinski definition) is 1. The fraction of sp³-hybridized carbons (Fsp3) is 0.571. The van der Waals surface area contributed by atoms with Crippen molar-refractivity contribution in [1.29, 1.82) is 0 Å². The Balaban J connectivity index is 2.24. The lowest BCUT2D eigenvalue weighted by atomic mass is 9.92. The average molecular weight is 273 g/mol. The van der Waals surface area contributed by atoms with E-state index in [1.54, 1.807) is 0 Å². The number of nitrogens with one attached hydrogen (secondary N) is 1. The zero-order valence-corrected chi connectivity index (χ0v) is 11.1. The van der Waals surface area contributed by atoms with Gasteiger partial charge in [0.25, 0.3) is 0 Å². The van der Waals surface area contributed by atoms with Crippen LogP contribution in [0.3, 0.4) is 0 Å². The second-order valence-corrected chi connectivity index (χ2v) is 4.99. The molecule has 5 heteroatoms. The van der Waals surface area contributed by atoms with E-state index in [1.807, 2.05) is 25.1 Å². The molecule has 106 valence electrons. The fourth-order valence-electron chi connectivity index (χ4n) is 2.57. The van der Waals surface area contributed by atoms with Gasteiger partial charge in [-0.3, -0.25) is 5.32 Å². The summed E-state index contributed by atoms with van der Waals surface area (Å²) in [6, 6.07) is 3.89. The van der Waals surface area contributed by atoms with Crippen LogP contribution in [0.5, 0.6) is 5.75 Å². The van der Waals surface area contributed by atoms with Gasteiger partial charge in [-0.2, -0.15) is 13.2 Å². The second kappa shape index (κ2) is 5.41. The number of halogens is 3. The van der Waals surface area contributed by atoms with Crippen LogP contribution in [0.25, 0.3) is 0 Å². The molecule has 0 radical (unpaired) electrons. The van der Waals surface area contributed by atoms with Crippen molar-refractivity contribution in [1.82, 2.24) is 5.32 Å². The van der Waals surface area contributed by atoms with E-state index < -0.39 is 12.2 Å². The molecule has 0 aromatic heterocycles. The van der Waals surface area contributed by atoms with Crippen molar-refractivity contribution in [2.45, 2.75) is 44.4 Å². The van der Waals surface area contributed by atoms with E-state index in [-0.39, 0.29) is 12.5 Å². The fourth-order valence-corrected chi connectivity index (χ4v) is 2.57. The first-order valence-corrected chi connectivity index (χ1v) is 6.39. The topological polar surface area (TPSA) is 21.3 Å². The summed E-state index contributed by atoms with van der Waals surface area (Å²) in [5, 5.41) is 2.71. The van der Waals surface area contributed by atoms with Gasteiger partial charge in [-0.05, 0) is 32.3 Å². The monoisotopic (exact) mass is 273 g/mol.